The van der Waals surface area contributed by atoms with Crippen LogP contribution in [0.15, 0.2) is 43.0 Å². The molecule has 3 aromatic rings. The zero-order valence-corrected chi connectivity index (χ0v) is 32.4. The van der Waals surface area contributed by atoms with Gasteiger partial charge in [0.25, 0.3) is 11.8 Å². The molecule has 0 unspecified atom stereocenters. The van der Waals surface area contributed by atoms with Crippen molar-refractivity contribution in [3.63, 3.8) is 0 Å². The van der Waals surface area contributed by atoms with Gasteiger partial charge in [-0.05, 0) is 148 Å². The van der Waals surface area contributed by atoms with Gasteiger partial charge in [0.2, 0.25) is 0 Å². The second-order valence-electron chi connectivity index (χ2n) is 19.4. The first-order chi connectivity index (χ1) is 26.9. The number of amides is 2. The van der Waals surface area contributed by atoms with E-state index in [9.17, 15) is 9.59 Å². The van der Waals surface area contributed by atoms with Crippen LogP contribution in [-0.2, 0) is 32.5 Å². The number of rotatable bonds is 8. The second kappa shape index (κ2) is 14.6. The summed E-state index contributed by atoms with van der Waals surface area (Å²) in [5, 5.41) is 9.88. The Labute approximate surface area is 325 Å². The van der Waals surface area contributed by atoms with Crippen LogP contribution in [0.2, 0.25) is 0 Å². The van der Waals surface area contributed by atoms with Gasteiger partial charge in [-0.3, -0.25) is 14.5 Å². The summed E-state index contributed by atoms with van der Waals surface area (Å²) in [7, 11) is 0. The number of benzene rings is 1. The maximum Gasteiger partial charge on any atom is 0.270 e. The van der Waals surface area contributed by atoms with E-state index in [2.05, 4.69) is 71.1 Å². The van der Waals surface area contributed by atoms with Gasteiger partial charge in [-0.15, -0.1) is 0 Å². The zero-order chi connectivity index (χ0) is 37.0. The Bertz CT molecular complexity index is 1840. The Kier molecular flexibility index (Phi) is 9.48. The molecule has 0 radical (unpaired) electrons. The SMILES string of the molecule is O=C(NCC12CC3CC(CC(C3)C1)C2)c1ncnc2c1CCN(Cc1ccccc1)C2.O=C(NCC12CC3CC(CC(C3)C1)C2)c1ncnc2c1CCNC2. The quantitative estimate of drug-likeness (QED) is 0.255. The third-order valence-electron chi connectivity index (χ3n) is 15.2. The number of hydrogen-bond acceptors (Lipinski definition) is 8. The predicted molar refractivity (Wildman–Crippen MR) is 210 cm³/mol. The number of fused-ring (bicyclic) bond motifs is 2. The Morgan fingerprint density at radius 2 is 1.15 bits per heavy atom. The largest absolute Gasteiger partial charge is 0.350 e. The van der Waals surface area contributed by atoms with Gasteiger partial charge < -0.3 is 16.0 Å². The molecule has 0 saturated heterocycles. The van der Waals surface area contributed by atoms with Gasteiger partial charge in [-0.2, -0.15) is 0 Å². The maximum absolute atomic E-state index is 13.2. The summed E-state index contributed by atoms with van der Waals surface area (Å²) in [5.74, 6) is 5.50. The summed E-state index contributed by atoms with van der Waals surface area (Å²) in [4.78, 5) is 45.9. The Balaban J connectivity index is 0.000000140. The number of nitrogens with zero attached hydrogens (tertiary/aromatic N) is 5. The van der Waals surface area contributed by atoms with Crippen LogP contribution in [0.3, 0.4) is 0 Å². The fourth-order valence-corrected chi connectivity index (χ4v) is 13.8. The van der Waals surface area contributed by atoms with E-state index in [1.165, 1.54) is 88.9 Å². The van der Waals surface area contributed by atoms with Crippen LogP contribution in [0, 0.1) is 46.3 Å². The average molecular weight is 743 g/mol. The monoisotopic (exact) mass is 742 g/mol. The van der Waals surface area contributed by atoms with Gasteiger partial charge in [0.15, 0.2) is 0 Å². The molecule has 8 bridgehead atoms. The van der Waals surface area contributed by atoms with E-state index in [0.29, 0.717) is 22.2 Å². The molecule has 10 nitrogen and oxygen atoms in total. The van der Waals surface area contributed by atoms with Crippen LogP contribution in [-0.4, -0.2) is 62.8 Å². The molecule has 13 rings (SSSR count). The fraction of sp³-hybridized carbons (Fsp3) is 0.644. The molecule has 10 aliphatic rings. The van der Waals surface area contributed by atoms with Crippen LogP contribution in [0.5, 0.6) is 0 Å². The van der Waals surface area contributed by atoms with Gasteiger partial charge in [0.05, 0.1) is 11.4 Å². The first-order valence-corrected chi connectivity index (χ1v) is 21.6. The van der Waals surface area contributed by atoms with Crippen LogP contribution >= 0.6 is 0 Å². The number of aromatic nitrogens is 4. The lowest BCUT2D eigenvalue weighted by atomic mass is 9.49. The lowest BCUT2D eigenvalue weighted by Crippen LogP contribution is -2.51. The molecule has 55 heavy (non-hydrogen) atoms. The molecule has 1 aromatic carbocycles. The highest BCUT2D eigenvalue weighted by atomic mass is 16.2. The number of carbonyl (C=O) groups is 2. The first-order valence-electron chi connectivity index (χ1n) is 21.6. The normalized spacial score (nSPS) is 33.6. The van der Waals surface area contributed by atoms with E-state index in [1.807, 2.05) is 0 Å². The van der Waals surface area contributed by atoms with E-state index in [4.69, 9.17) is 0 Å². The fourth-order valence-electron chi connectivity index (χ4n) is 13.8. The van der Waals surface area contributed by atoms with Crippen molar-refractivity contribution in [3.8, 4) is 0 Å². The summed E-state index contributed by atoms with van der Waals surface area (Å²) in [5.41, 5.74) is 7.33. The molecule has 4 heterocycles. The van der Waals surface area contributed by atoms with Crippen molar-refractivity contribution >= 4 is 11.8 Å². The smallest absolute Gasteiger partial charge is 0.270 e. The lowest BCUT2D eigenvalue weighted by Gasteiger charge is -2.56. The maximum atomic E-state index is 13.2. The molecule has 0 spiro atoms. The topological polar surface area (TPSA) is 125 Å². The van der Waals surface area contributed by atoms with Crippen molar-refractivity contribution in [3.05, 3.63) is 82.5 Å². The third-order valence-corrected chi connectivity index (χ3v) is 15.2. The van der Waals surface area contributed by atoms with Crippen molar-refractivity contribution in [1.29, 1.82) is 0 Å². The van der Waals surface area contributed by atoms with Gasteiger partial charge in [0.1, 0.15) is 24.0 Å². The minimum atomic E-state index is 0.00547. The molecule has 2 aromatic heterocycles. The number of carbonyl (C=O) groups excluding carboxylic acids is 2. The van der Waals surface area contributed by atoms with Gasteiger partial charge in [0, 0.05) is 50.4 Å². The molecule has 2 amide bonds. The molecule has 10 heteroatoms. The number of hydrogen-bond donors (Lipinski definition) is 3. The summed E-state index contributed by atoms with van der Waals surface area (Å²) in [6.45, 7) is 5.94. The van der Waals surface area contributed by atoms with Gasteiger partial charge >= 0.3 is 0 Å². The van der Waals surface area contributed by atoms with Crippen LogP contribution in [0.1, 0.15) is 126 Å². The zero-order valence-electron chi connectivity index (χ0n) is 32.4. The summed E-state index contributed by atoms with van der Waals surface area (Å²) in [6.07, 6.45) is 21.3. The molecule has 0 atom stereocenters. The van der Waals surface area contributed by atoms with Crippen molar-refractivity contribution in [2.24, 2.45) is 46.3 Å². The van der Waals surface area contributed by atoms with E-state index in [-0.39, 0.29) is 11.8 Å². The molecular weight excluding hydrogens is 685 g/mol. The van der Waals surface area contributed by atoms with Crippen LogP contribution in [0.4, 0.5) is 0 Å². The molecule has 8 aliphatic carbocycles. The molecule has 8 fully saturated rings. The minimum Gasteiger partial charge on any atom is -0.350 e. The third kappa shape index (κ3) is 7.34. The molecule has 2 aliphatic heterocycles. The summed E-state index contributed by atoms with van der Waals surface area (Å²) < 4.78 is 0. The Hall–Kier alpha value is -3.76. The van der Waals surface area contributed by atoms with Crippen molar-refractivity contribution < 1.29 is 9.59 Å². The highest BCUT2D eigenvalue weighted by Gasteiger charge is 2.52. The van der Waals surface area contributed by atoms with Crippen LogP contribution < -0.4 is 16.0 Å². The van der Waals surface area contributed by atoms with E-state index in [1.54, 1.807) is 6.33 Å². The minimum absolute atomic E-state index is 0.00547. The van der Waals surface area contributed by atoms with Crippen molar-refractivity contribution in [1.82, 2.24) is 40.8 Å². The molecule has 290 valence electrons. The van der Waals surface area contributed by atoms with E-state index in [0.717, 1.165) is 117 Å². The standard InChI is InChI=1S/C26H32N4O.C19H26N4O/c31-25(27-16-26-11-19-8-20(12-26)10-21(9-19)13-26)24-22-6-7-30(15-23(22)28-17-29-24)14-18-4-2-1-3-5-18;24-18(17-15-1-2-20-9-16(15)22-11-23-17)21-10-19-6-12-3-13(7-19)5-14(4-12)8-19/h1-5,17,19-21H,6-16H2,(H,27,31);11-14,20H,1-10H2,(H,21,24). The Morgan fingerprint density at radius 3 is 1.67 bits per heavy atom. The van der Waals surface area contributed by atoms with Gasteiger partial charge in [-0.1, -0.05) is 30.3 Å². The summed E-state index contributed by atoms with van der Waals surface area (Å²) >= 11 is 0. The molecular formula is C45H58N8O2. The average Bonchev–Trinajstić information content (AvgIpc) is 3.18. The van der Waals surface area contributed by atoms with Crippen LogP contribution in [0.25, 0.3) is 0 Å². The van der Waals surface area contributed by atoms with E-state index < -0.39 is 0 Å². The van der Waals surface area contributed by atoms with E-state index >= 15 is 0 Å². The highest BCUT2D eigenvalue weighted by molar-refractivity contribution is 5.94. The van der Waals surface area contributed by atoms with Crippen molar-refractivity contribution in [2.75, 3.05) is 26.2 Å². The molecule has 8 saturated carbocycles. The second-order valence-corrected chi connectivity index (χ2v) is 19.4. The number of nitrogens with one attached hydrogen (secondary N) is 3. The lowest BCUT2D eigenvalue weighted by molar-refractivity contribution is -0.0504. The summed E-state index contributed by atoms with van der Waals surface area (Å²) in [6, 6.07) is 10.6. The predicted octanol–water partition coefficient (Wildman–Crippen LogP) is 6.05. The first kappa shape index (κ1) is 35.6. The van der Waals surface area contributed by atoms with Gasteiger partial charge in [-0.25, -0.2) is 19.9 Å². The van der Waals surface area contributed by atoms with Crippen molar-refractivity contribution in [2.45, 2.75) is 110 Å². The highest BCUT2D eigenvalue weighted by Crippen LogP contribution is 2.60. The molecule has 3 N–H and O–H groups in total. The Morgan fingerprint density at radius 1 is 0.655 bits per heavy atom.